The third-order valence-electron chi connectivity index (χ3n) is 2.01. The molecule has 1 aromatic rings. The number of carboxylic acids is 1. The SMILES string of the molecule is Cl.Cl.Nc1ccc(NCCC(=O)O)c(OCCO)c1. The van der Waals surface area contributed by atoms with Crippen molar-refractivity contribution in [1.82, 2.24) is 0 Å². The molecule has 0 saturated heterocycles. The number of ether oxygens (including phenoxy) is 1. The van der Waals surface area contributed by atoms with Gasteiger partial charge < -0.3 is 26.0 Å². The van der Waals surface area contributed by atoms with E-state index in [1.807, 2.05) is 0 Å². The lowest BCUT2D eigenvalue weighted by Gasteiger charge is -2.12. The summed E-state index contributed by atoms with van der Waals surface area (Å²) in [5.74, 6) is -0.366. The van der Waals surface area contributed by atoms with Gasteiger partial charge in [0.05, 0.1) is 18.7 Å². The number of nitrogen functional groups attached to an aromatic ring is 1. The number of rotatable bonds is 7. The fourth-order valence-corrected chi connectivity index (χ4v) is 1.26. The van der Waals surface area contributed by atoms with Crippen LogP contribution in [0.3, 0.4) is 0 Å². The number of aliphatic hydroxyl groups is 1. The van der Waals surface area contributed by atoms with Crippen LogP contribution in [0.25, 0.3) is 0 Å². The monoisotopic (exact) mass is 312 g/mol. The molecule has 0 saturated carbocycles. The Bertz CT molecular complexity index is 391. The molecule has 5 N–H and O–H groups in total. The van der Waals surface area contributed by atoms with Gasteiger partial charge in [-0.2, -0.15) is 0 Å². The maximum atomic E-state index is 10.4. The Hall–Kier alpha value is -1.37. The van der Waals surface area contributed by atoms with Gasteiger partial charge in [-0.25, -0.2) is 0 Å². The minimum atomic E-state index is -0.870. The standard InChI is InChI=1S/C11H16N2O4.2ClH/c12-8-1-2-9(13-4-3-11(15)16)10(7-8)17-6-5-14;;/h1-2,7,13-14H,3-6,12H2,(H,15,16);2*1H. The van der Waals surface area contributed by atoms with Gasteiger partial charge in [0, 0.05) is 18.3 Å². The second-order valence-electron chi connectivity index (χ2n) is 3.40. The molecule has 6 nitrogen and oxygen atoms in total. The molecule has 0 aliphatic heterocycles. The Morgan fingerprint density at radius 3 is 2.63 bits per heavy atom. The summed E-state index contributed by atoms with van der Waals surface area (Å²) in [5.41, 5.74) is 6.82. The van der Waals surface area contributed by atoms with Crippen LogP contribution in [-0.2, 0) is 4.79 Å². The van der Waals surface area contributed by atoms with E-state index in [1.165, 1.54) is 0 Å². The van der Waals surface area contributed by atoms with Crippen molar-refractivity contribution in [3.8, 4) is 5.75 Å². The molecule has 110 valence electrons. The number of anilines is 2. The number of nitrogens with one attached hydrogen (secondary N) is 1. The summed E-state index contributed by atoms with van der Waals surface area (Å²) < 4.78 is 5.28. The average Bonchev–Trinajstić information content (AvgIpc) is 2.28. The second-order valence-corrected chi connectivity index (χ2v) is 3.40. The predicted octanol–water partition coefficient (Wildman–Crippen LogP) is 1.37. The van der Waals surface area contributed by atoms with Crippen LogP contribution in [0.5, 0.6) is 5.75 Å². The fraction of sp³-hybridized carbons (Fsp3) is 0.364. The van der Waals surface area contributed by atoms with E-state index in [1.54, 1.807) is 18.2 Å². The molecule has 0 bridgehead atoms. The van der Waals surface area contributed by atoms with E-state index in [-0.39, 0.29) is 44.4 Å². The molecule has 0 aliphatic carbocycles. The Balaban J connectivity index is 0. The highest BCUT2D eigenvalue weighted by atomic mass is 35.5. The molecule has 1 aromatic carbocycles. The van der Waals surface area contributed by atoms with Crippen LogP contribution in [-0.4, -0.2) is 35.9 Å². The Kier molecular flexibility index (Phi) is 11.1. The smallest absolute Gasteiger partial charge is 0.305 e. The van der Waals surface area contributed by atoms with Crippen LogP contribution in [0.4, 0.5) is 11.4 Å². The van der Waals surface area contributed by atoms with Crippen molar-refractivity contribution >= 4 is 42.2 Å². The van der Waals surface area contributed by atoms with Gasteiger partial charge in [-0.05, 0) is 12.1 Å². The third-order valence-corrected chi connectivity index (χ3v) is 2.01. The van der Waals surface area contributed by atoms with Gasteiger partial charge in [-0.15, -0.1) is 24.8 Å². The van der Waals surface area contributed by atoms with E-state index in [0.717, 1.165) is 0 Å². The van der Waals surface area contributed by atoms with Gasteiger partial charge in [-0.1, -0.05) is 0 Å². The second kappa shape index (κ2) is 10.5. The molecular formula is C11H18Cl2N2O4. The zero-order chi connectivity index (χ0) is 12.7. The van der Waals surface area contributed by atoms with E-state index in [0.29, 0.717) is 23.7 Å². The minimum absolute atomic E-state index is 0. The number of carbonyl (C=O) groups is 1. The van der Waals surface area contributed by atoms with E-state index in [9.17, 15) is 4.79 Å². The molecule has 0 fully saturated rings. The number of carboxylic acid groups (broad SMARTS) is 1. The van der Waals surface area contributed by atoms with Gasteiger partial charge >= 0.3 is 5.97 Å². The number of benzene rings is 1. The van der Waals surface area contributed by atoms with Crippen molar-refractivity contribution in [3.05, 3.63) is 18.2 Å². The Labute approximate surface area is 123 Å². The summed E-state index contributed by atoms with van der Waals surface area (Å²) in [7, 11) is 0. The first-order valence-electron chi connectivity index (χ1n) is 5.22. The Morgan fingerprint density at radius 2 is 2.05 bits per heavy atom. The van der Waals surface area contributed by atoms with E-state index in [2.05, 4.69) is 5.32 Å². The maximum absolute atomic E-state index is 10.4. The first-order chi connectivity index (χ1) is 8.13. The number of nitrogens with two attached hydrogens (primary N) is 1. The van der Waals surface area contributed by atoms with E-state index in [4.69, 9.17) is 20.7 Å². The molecule has 0 atom stereocenters. The number of aliphatic carboxylic acids is 1. The fourth-order valence-electron chi connectivity index (χ4n) is 1.26. The lowest BCUT2D eigenvalue weighted by molar-refractivity contribution is -0.136. The topological polar surface area (TPSA) is 105 Å². The average molecular weight is 313 g/mol. The summed E-state index contributed by atoms with van der Waals surface area (Å²) in [5, 5.41) is 20.1. The van der Waals surface area contributed by atoms with Gasteiger partial charge in [0.15, 0.2) is 0 Å². The molecule has 0 aromatic heterocycles. The summed E-state index contributed by atoms with van der Waals surface area (Å²) in [6.45, 7) is 0.370. The van der Waals surface area contributed by atoms with Crippen LogP contribution in [0.15, 0.2) is 18.2 Å². The summed E-state index contributed by atoms with van der Waals surface area (Å²) in [6, 6.07) is 5.03. The van der Waals surface area contributed by atoms with Gasteiger partial charge in [0.1, 0.15) is 12.4 Å². The molecular weight excluding hydrogens is 295 g/mol. The van der Waals surface area contributed by atoms with E-state index >= 15 is 0 Å². The zero-order valence-electron chi connectivity index (χ0n) is 10.2. The van der Waals surface area contributed by atoms with Gasteiger partial charge in [-0.3, -0.25) is 4.79 Å². The van der Waals surface area contributed by atoms with Crippen molar-refractivity contribution in [2.45, 2.75) is 6.42 Å². The largest absolute Gasteiger partial charge is 0.489 e. The van der Waals surface area contributed by atoms with Gasteiger partial charge in [0.2, 0.25) is 0 Å². The minimum Gasteiger partial charge on any atom is -0.489 e. The lowest BCUT2D eigenvalue weighted by atomic mass is 10.2. The molecule has 0 amide bonds. The molecule has 0 heterocycles. The van der Waals surface area contributed by atoms with Gasteiger partial charge in [0.25, 0.3) is 0 Å². The highest BCUT2D eigenvalue weighted by Crippen LogP contribution is 2.26. The normalized spacial score (nSPS) is 8.89. The van der Waals surface area contributed by atoms with Crippen LogP contribution in [0.2, 0.25) is 0 Å². The van der Waals surface area contributed by atoms with Crippen LogP contribution >= 0.6 is 24.8 Å². The van der Waals surface area contributed by atoms with E-state index < -0.39 is 5.97 Å². The van der Waals surface area contributed by atoms with Crippen LogP contribution in [0.1, 0.15) is 6.42 Å². The Morgan fingerprint density at radius 1 is 1.37 bits per heavy atom. The molecule has 0 aliphatic rings. The highest BCUT2D eigenvalue weighted by Gasteiger charge is 2.05. The molecule has 0 unspecified atom stereocenters. The summed E-state index contributed by atoms with van der Waals surface area (Å²) in [6.07, 6.45) is 0.0177. The van der Waals surface area contributed by atoms with Crippen LogP contribution in [0, 0.1) is 0 Å². The van der Waals surface area contributed by atoms with Crippen molar-refractivity contribution in [2.24, 2.45) is 0 Å². The van der Waals surface area contributed by atoms with Crippen molar-refractivity contribution < 1.29 is 19.7 Å². The highest BCUT2D eigenvalue weighted by molar-refractivity contribution is 5.85. The summed E-state index contributed by atoms with van der Waals surface area (Å²) >= 11 is 0. The molecule has 0 radical (unpaired) electrons. The summed E-state index contributed by atoms with van der Waals surface area (Å²) in [4.78, 5) is 10.4. The van der Waals surface area contributed by atoms with Crippen LogP contribution < -0.4 is 15.8 Å². The quantitative estimate of drug-likeness (QED) is 0.567. The number of halogens is 2. The molecule has 8 heteroatoms. The number of aliphatic hydroxyl groups excluding tert-OH is 1. The third kappa shape index (κ3) is 7.61. The van der Waals surface area contributed by atoms with Crippen molar-refractivity contribution in [3.63, 3.8) is 0 Å². The first kappa shape index (κ1) is 20.0. The maximum Gasteiger partial charge on any atom is 0.305 e. The number of hydrogen-bond donors (Lipinski definition) is 4. The lowest BCUT2D eigenvalue weighted by Crippen LogP contribution is -2.10. The van der Waals surface area contributed by atoms with Crippen molar-refractivity contribution in [2.75, 3.05) is 30.8 Å². The molecule has 0 spiro atoms. The van der Waals surface area contributed by atoms with Crippen molar-refractivity contribution in [1.29, 1.82) is 0 Å². The molecule has 1 rings (SSSR count). The molecule has 19 heavy (non-hydrogen) atoms. The first-order valence-corrected chi connectivity index (χ1v) is 5.22. The zero-order valence-corrected chi connectivity index (χ0v) is 11.8. The predicted molar refractivity (Wildman–Crippen MR) is 78.7 cm³/mol. The number of hydrogen-bond acceptors (Lipinski definition) is 5.